The number of carbonyl (C=O) groups excluding carboxylic acids is 1. The molecule has 0 saturated heterocycles. The van der Waals surface area contributed by atoms with E-state index in [4.69, 9.17) is 16.3 Å². The van der Waals surface area contributed by atoms with Gasteiger partial charge in [-0.2, -0.15) is 5.10 Å². The number of nitrogens with one attached hydrogen (secondary N) is 1. The zero-order chi connectivity index (χ0) is 21.8. The van der Waals surface area contributed by atoms with Crippen LogP contribution in [0.15, 0.2) is 61.1 Å². The van der Waals surface area contributed by atoms with Crippen molar-refractivity contribution < 1.29 is 13.9 Å². The van der Waals surface area contributed by atoms with Crippen molar-refractivity contribution >= 4 is 23.5 Å². The smallest absolute Gasteiger partial charge is 0.278 e. The second-order valence-corrected chi connectivity index (χ2v) is 7.14. The Balaban J connectivity index is 1.34. The zero-order valence-corrected chi connectivity index (χ0v) is 17.3. The molecule has 0 saturated carbocycles. The van der Waals surface area contributed by atoms with Gasteiger partial charge in [0.25, 0.3) is 5.91 Å². The van der Waals surface area contributed by atoms with Crippen LogP contribution in [-0.4, -0.2) is 30.5 Å². The van der Waals surface area contributed by atoms with Crippen LogP contribution in [0, 0.1) is 12.7 Å². The van der Waals surface area contributed by atoms with Gasteiger partial charge in [0.2, 0.25) is 5.95 Å². The van der Waals surface area contributed by atoms with Gasteiger partial charge >= 0.3 is 0 Å². The van der Waals surface area contributed by atoms with Crippen LogP contribution in [-0.2, 0) is 13.3 Å². The van der Waals surface area contributed by atoms with Crippen molar-refractivity contribution in [2.45, 2.75) is 20.2 Å². The number of anilines is 1. The molecule has 0 atom stereocenters. The second kappa shape index (κ2) is 8.97. The number of carbonyl (C=O) groups is 1. The third-order valence-electron chi connectivity index (χ3n) is 4.48. The molecular weight excluding hydrogens is 423 g/mol. The highest BCUT2D eigenvalue weighted by Crippen LogP contribution is 2.21. The molecule has 2 heterocycles. The summed E-state index contributed by atoms with van der Waals surface area (Å²) in [6, 6.07) is 13.6. The van der Waals surface area contributed by atoms with Crippen LogP contribution >= 0.6 is 11.6 Å². The molecular formula is C21H18ClFN6O2. The molecule has 1 N–H and O–H groups in total. The van der Waals surface area contributed by atoms with Gasteiger partial charge in [0.15, 0.2) is 12.4 Å². The van der Waals surface area contributed by atoms with E-state index < -0.39 is 11.7 Å². The maximum Gasteiger partial charge on any atom is 0.278 e. The third kappa shape index (κ3) is 5.07. The van der Waals surface area contributed by atoms with E-state index in [2.05, 4.69) is 20.5 Å². The van der Waals surface area contributed by atoms with E-state index in [1.807, 2.05) is 31.2 Å². The van der Waals surface area contributed by atoms with Gasteiger partial charge in [-0.3, -0.25) is 10.1 Å². The van der Waals surface area contributed by atoms with Crippen LogP contribution in [0.25, 0.3) is 0 Å². The van der Waals surface area contributed by atoms with Gasteiger partial charge in [-0.05, 0) is 36.2 Å². The van der Waals surface area contributed by atoms with E-state index in [0.717, 1.165) is 11.1 Å². The summed E-state index contributed by atoms with van der Waals surface area (Å²) in [5.74, 6) is -0.402. The first-order valence-electron chi connectivity index (χ1n) is 9.34. The molecule has 0 spiro atoms. The fourth-order valence-corrected chi connectivity index (χ4v) is 2.99. The first-order chi connectivity index (χ1) is 15.0. The summed E-state index contributed by atoms with van der Waals surface area (Å²) in [6.45, 7) is 2.60. The quantitative estimate of drug-likeness (QED) is 0.470. The third-order valence-corrected chi connectivity index (χ3v) is 4.77. The summed E-state index contributed by atoms with van der Waals surface area (Å²) in [7, 11) is 0. The van der Waals surface area contributed by atoms with Gasteiger partial charge in [-0.15, -0.1) is 5.10 Å². The van der Waals surface area contributed by atoms with E-state index in [0.29, 0.717) is 12.3 Å². The van der Waals surface area contributed by atoms with E-state index in [1.54, 1.807) is 23.3 Å². The minimum Gasteiger partial charge on any atom is -0.471 e. The highest BCUT2D eigenvalue weighted by molar-refractivity contribution is 6.30. The Morgan fingerprint density at radius 3 is 2.81 bits per heavy atom. The highest BCUT2D eigenvalue weighted by atomic mass is 35.5. The molecule has 0 aliphatic heterocycles. The van der Waals surface area contributed by atoms with Gasteiger partial charge in [0.05, 0.1) is 11.6 Å². The van der Waals surface area contributed by atoms with Gasteiger partial charge in [0, 0.05) is 12.3 Å². The van der Waals surface area contributed by atoms with Gasteiger partial charge in [-0.25, -0.2) is 18.7 Å². The Kier molecular flexibility index (Phi) is 5.94. The fraction of sp³-hybridized carbons (Fsp3) is 0.143. The lowest BCUT2D eigenvalue weighted by atomic mass is 10.1. The highest BCUT2D eigenvalue weighted by Gasteiger charge is 2.13. The largest absolute Gasteiger partial charge is 0.471 e. The number of amides is 1. The summed E-state index contributed by atoms with van der Waals surface area (Å²) in [4.78, 5) is 16.6. The van der Waals surface area contributed by atoms with Crippen molar-refractivity contribution in [3.63, 3.8) is 0 Å². The molecule has 4 rings (SSSR count). The predicted octanol–water partition coefficient (Wildman–Crippen LogP) is 3.91. The van der Waals surface area contributed by atoms with E-state index in [-0.39, 0.29) is 23.4 Å². The van der Waals surface area contributed by atoms with Crippen molar-refractivity contribution in [1.82, 2.24) is 24.5 Å². The number of rotatable bonds is 7. The zero-order valence-electron chi connectivity index (χ0n) is 16.5. The van der Waals surface area contributed by atoms with E-state index in [9.17, 15) is 9.18 Å². The summed E-state index contributed by atoms with van der Waals surface area (Å²) in [6.07, 6.45) is 3.15. The summed E-state index contributed by atoms with van der Waals surface area (Å²) in [5.41, 5.74) is 2.45. The van der Waals surface area contributed by atoms with Crippen LogP contribution in [0.4, 0.5) is 10.3 Å². The Hall–Kier alpha value is -3.72. The average Bonchev–Trinajstić information content (AvgIpc) is 3.40. The molecule has 0 aliphatic carbocycles. The normalized spacial score (nSPS) is 10.8. The number of halogens is 2. The van der Waals surface area contributed by atoms with E-state index >= 15 is 0 Å². The molecule has 0 fully saturated rings. The molecule has 0 aliphatic rings. The minimum absolute atomic E-state index is 0.0263. The predicted molar refractivity (Wildman–Crippen MR) is 113 cm³/mol. The van der Waals surface area contributed by atoms with Crippen molar-refractivity contribution in [1.29, 1.82) is 0 Å². The second-order valence-electron chi connectivity index (χ2n) is 6.74. The molecule has 0 unspecified atom stereocenters. The first kappa shape index (κ1) is 20.5. The van der Waals surface area contributed by atoms with Crippen LogP contribution in [0.2, 0.25) is 5.02 Å². The van der Waals surface area contributed by atoms with Gasteiger partial charge in [-0.1, -0.05) is 35.9 Å². The van der Waals surface area contributed by atoms with Crippen LogP contribution in [0.1, 0.15) is 21.6 Å². The van der Waals surface area contributed by atoms with E-state index in [1.165, 1.54) is 22.9 Å². The molecule has 31 heavy (non-hydrogen) atoms. The lowest BCUT2D eigenvalue weighted by molar-refractivity contribution is 0.101. The number of ether oxygens (including phenoxy) is 1. The number of aryl methyl sites for hydroxylation is 1. The van der Waals surface area contributed by atoms with Crippen LogP contribution in [0.3, 0.4) is 0 Å². The molecule has 0 radical (unpaired) electrons. The molecule has 158 valence electrons. The Morgan fingerprint density at radius 1 is 1.16 bits per heavy atom. The summed E-state index contributed by atoms with van der Waals surface area (Å²) in [5, 5.41) is 11.0. The van der Waals surface area contributed by atoms with Gasteiger partial charge < -0.3 is 4.74 Å². The Bertz CT molecular complexity index is 1220. The standard InChI is InChI=1S/C21H18ClFN6O2/c1-14-4-2-3-5-15(14)11-29-12-24-21(27-29)25-20(30)19-8-9-28(26-19)13-31-16-6-7-18(23)17(22)10-16/h2-10,12H,11,13H2,1H3,(H,25,27,30). The fourth-order valence-electron chi connectivity index (χ4n) is 2.82. The molecule has 2 aromatic heterocycles. The van der Waals surface area contributed by atoms with Crippen molar-refractivity contribution in [3.8, 4) is 5.75 Å². The maximum atomic E-state index is 13.2. The Labute approximate surface area is 182 Å². The molecule has 10 heteroatoms. The number of benzene rings is 2. The van der Waals surface area contributed by atoms with Gasteiger partial charge in [0.1, 0.15) is 17.9 Å². The van der Waals surface area contributed by atoms with Crippen LogP contribution in [0.5, 0.6) is 5.75 Å². The molecule has 8 nitrogen and oxygen atoms in total. The molecule has 2 aromatic carbocycles. The lowest BCUT2D eigenvalue weighted by Crippen LogP contribution is -2.15. The number of hydrogen-bond donors (Lipinski definition) is 1. The molecule has 0 bridgehead atoms. The Morgan fingerprint density at radius 2 is 2.00 bits per heavy atom. The molecule has 4 aromatic rings. The number of hydrogen-bond acceptors (Lipinski definition) is 5. The minimum atomic E-state index is -0.526. The number of aromatic nitrogens is 5. The topological polar surface area (TPSA) is 86.9 Å². The van der Waals surface area contributed by atoms with Crippen molar-refractivity contribution in [3.05, 3.63) is 88.7 Å². The maximum absolute atomic E-state index is 13.2. The number of nitrogens with zero attached hydrogens (tertiary/aromatic N) is 5. The lowest BCUT2D eigenvalue weighted by Gasteiger charge is -2.06. The summed E-state index contributed by atoms with van der Waals surface area (Å²) < 4.78 is 21.8. The van der Waals surface area contributed by atoms with Crippen molar-refractivity contribution in [2.75, 3.05) is 5.32 Å². The average molecular weight is 441 g/mol. The SMILES string of the molecule is Cc1ccccc1Cn1cnc(NC(=O)c2ccn(COc3ccc(F)c(Cl)c3)n2)n1. The van der Waals surface area contributed by atoms with Crippen molar-refractivity contribution in [2.24, 2.45) is 0 Å². The summed E-state index contributed by atoms with van der Waals surface area (Å²) >= 11 is 5.73. The first-order valence-corrected chi connectivity index (χ1v) is 9.72. The molecule has 1 amide bonds. The monoisotopic (exact) mass is 440 g/mol. The van der Waals surface area contributed by atoms with Crippen LogP contribution < -0.4 is 10.1 Å².